The molecule has 1 saturated heterocycles. The number of H-pyrrole nitrogens is 1. The Morgan fingerprint density at radius 1 is 1.29 bits per heavy atom. The highest BCUT2D eigenvalue weighted by Crippen LogP contribution is 2.28. The largest absolute Gasteiger partial charge is 0.349 e. The second-order valence-electron chi connectivity index (χ2n) is 6.89. The molecule has 0 spiro atoms. The number of fused-ring (bicyclic) bond motifs is 1. The molecule has 1 aromatic heterocycles. The molecule has 2 aliphatic heterocycles. The van der Waals surface area contributed by atoms with Gasteiger partial charge in [-0.1, -0.05) is 12.1 Å². The number of imide groups is 1. The number of nitrogens with one attached hydrogen (secondary N) is 3. The lowest BCUT2D eigenvalue weighted by Crippen LogP contribution is -2.52. The first kappa shape index (κ1) is 18.1. The molecule has 3 heterocycles. The van der Waals surface area contributed by atoms with Crippen LogP contribution in [0.2, 0.25) is 0 Å². The number of benzene rings is 1. The summed E-state index contributed by atoms with van der Waals surface area (Å²) in [5.74, 6) is 0.307. The van der Waals surface area contributed by atoms with E-state index in [1.165, 1.54) is 4.90 Å². The molecule has 5 N–H and O–H groups in total. The molecule has 0 bridgehead atoms. The van der Waals surface area contributed by atoms with Crippen molar-refractivity contribution in [1.82, 2.24) is 25.4 Å². The van der Waals surface area contributed by atoms with Crippen molar-refractivity contribution in [3.8, 4) is 0 Å². The molecule has 1 fully saturated rings. The Morgan fingerprint density at radius 2 is 2.14 bits per heavy atom. The number of rotatable bonds is 6. The van der Waals surface area contributed by atoms with E-state index in [4.69, 9.17) is 5.73 Å². The lowest BCUT2D eigenvalue weighted by Gasteiger charge is -2.29. The second kappa shape index (κ2) is 7.39. The van der Waals surface area contributed by atoms with Crippen LogP contribution < -0.4 is 16.4 Å². The number of carbonyl (C=O) groups excluding carboxylic acids is 3. The van der Waals surface area contributed by atoms with Crippen LogP contribution in [0.4, 0.5) is 5.95 Å². The Morgan fingerprint density at radius 3 is 2.93 bits per heavy atom. The summed E-state index contributed by atoms with van der Waals surface area (Å²) in [6.45, 7) is 1.32. The fourth-order valence-electron chi connectivity index (χ4n) is 3.52. The normalized spacial score (nSPS) is 19.0. The van der Waals surface area contributed by atoms with Crippen molar-refractivity contribution >= 4 is 23.7 Å². The van der Waals surface area contributed by atoms with Crippen molar-refractivity contribution in [1.29, 1.82) is 0 Å². The number of hydrogen-bond donors (Lipinski definition) is 4. The van der Waals surface area contributed by atoms with Gasteiger partial charge < -0.3 is 16.0 Å². The zero-order valence-electron chi connectivity index (χ0n) is 15.2. The van der Waals surface area contributed by atoms with Gasteiger partial charge in [-0.2, -0.15) is 4.98 Å². The van der Waals surface area contributed by atoms with Crippen LogP contribution in [0.25, 0.3) is 0 Å². The van der Waals surface area contributed by atoms with Crippen molar-refractivity contribution in [2.24, 2.45) is 5.73 Å². The minimum atomic E-state index is -0.603. The third kappa shape index (κ3) is 3.46. The molecule has 0 saturated carbocycles. The molecule has 0 radical (unpaired) electrons. The van der Waals surface area contributed by atoms with Crippen LogP contribution in [0, 0.1) is 0 Å². The Labute approximate surface area is 160 Å². The van der Waals surface area contributed by atoms with E-state index in [0.29, 0.717) is 49.8 Å². The maximum atomic E-state index is 12.8. The van der Waals surface area contributed by atoms with Gasteiger partial charge in [-0.25, -0.2) is 0 Å². The molecule has 28 heavy (non-hydrogen) atoms. The van der Waals surface area contributed by atoms with Gasteiger partial charge in [0.25, 0.3) is 5.91 Å². The standard InChI is InChI=1S/C18H21N7O3/c19-6-5-14-21-18(24-23-14)20-8-10-1-2-11-9-25(17(28)12(11)7-10)13-3-4-15(26)22-16(13)27/h1-2,7,13H,3-6,8-9,19H2,(H,22,26,27)(H2,20,21,23,24). The zero-order valence-corrected chi connectivity index (χ0v) is 15.2. The summed E-state index contributed by atoms with van der Waals surface area (Å²) in [6, 6.07) is 5.05. The van der Waals surface area contributed by atoms with Crippen LogP contribution in [0.1, 0.15) is 40.2 Å². The summed E-state index contributed by atoms with van der Waals surface area (Å²) in [7, 11) is 0. The van der Waals surface area contributed by atoms with Crippen LogP contribution in [-0.2, 0) is 29.1 Å². The number of hydrogen-bond acceptors (Lipinski definition) is 7. The Kier molecular flexibility index (Phi) is 4.78. The van der Waals surface area contributed by atoms with Crippen molar-refractivity contribution in [2.45, 2.75) is 38.4 Å². The molecule has 10 heteroatoms. The molecule has 10 nitrogen and oxygen atoms in total. The fraction of sp³-hybridized carbons (Fsp3) is 0.389. The smallest absolute Gasteiger partial charge is 0.255 e. The van der Waals surface area contributed by atoms with E-state index in [-0.39, 0.29) is 18.2 Å². The number of aromatic nitrogens is 3. The van der Waals surface area contributed by atoms with Crippen LogP contribution in [0.15, 0.2) is 18.2 Å². The number of amides is 3. The van der Waals surface area contributed by atoms with Crippen molar-refractivity contribution < 1.29 is 14.4 Å². The monoisotopic (exact) mass is 383 g/mol. The average molecular weight is 383 g/mol. The second-order valence-corrected chi connectivity index (χ2v) is 6.89. The van der Waals surface area contributed by atoms with E-state index in [0.717, 1.165) is 11.1 Å². The summed E-state index contributed by atoms with van der Waals surface area (Å²) in [6.07, 6.45) is 1.22. The SMILES string of the molecule is NCCc1nc(NCc2ccc3c(c2)C(=O)N(C2CCC(=O)NC2=O)C3)n[nH]1. The fourth-order valence-corrected chi connectivity index (χ4v) is 3.52. The molecule has 3 amide bonds. The molecular formula is C18H21N7O3. The van der Waals surface area contributed by atoms with Gasteiger partial charge in [0.05, 0.1) is 0 Å². The summed E-state index contributed by atoms with van der Waals surface area (Å²) in [4.78, 5) is 42.1. The number of nitrogens with zero attached hydrogens (tertiary/aromatic N) is 3. The number of anilines is 1. The average Bonchev–Trinajstić information content (AvgIpc) is 3.25. The highest BCUT2D eigenvalue weighted by atomic mass is 16.2. The highest BCUT2D eigenvalue weighted by molar-refractivity contribution is 6.05. The van der Waals surface area contributed by atoms with E-state index in [1.54, 1.807) is 0 Å². The quantitative estimate of drug-likeness (QED) is 0.500. The first-order chi connectivity index (χ1) is 13.5. The lowest BCUT2D eigenvalue weighted by molar-refractivity contribution is -0.136. The molecule has 2 aromatic rings. The van der Waals surface area contributed by atoms with Crippen LogP contribution in [0.3, 0.4) is 0 Å². The number of carbonyl (C=O) groups is 3. The van der Waals surface area contributed by atoms with Crippen molar-refractivity contribution in [2.75, 3.05) is 11.9 Å². The van der Waals surface area contributed by atoms with Gasteiger partial charge in [0.15, 0.2) is 0 Å². The van der Waals surface area contributed by atoms with E-state index in [2.05, 4.69) is 25.8 Å². The first-order valence-corrected chi connectivity index (χ1v) is 9.17. The molecule has 146 valence electrons. The predicted molar refractivity (Wildman–Crippen MR) is 99.0 cm³/mol. The minimum absolute atomic E-state index is 0.186. The van der Waals surface area contributed by atoms with E-state index >= 15 is 0 Å². The minimum Gasteiger partial charge on any atom is -0.349 e. The zero-order chi connectivity index (χ0) is 19.7. The molecule has 2 aliphatic rings. The lowest BCUT2D eigenvalue weighted by atomic mass is 10.0. The third-order valence-corrected chi connectivity index (χ3v) is 4.96. The number of piperidine rings is 1. The summed E-state index contributed by atoms with van der Waals surface area (Å²) in [5, 5.41) is 12.3. The van der Waals surface area contributed by atoms with Gasteiger partial charge >= 0.3 is 0 Å². The Bertz CT molecular complexity index is 939. The molecule has 1 aromatic carbocycles. The Balaban J connectivity index is 1.43. The highest BCUT2D eigenvalue weighted by Gasteiger charge is 2.39. The Hall–Kier alpha value is -3.27. The van der Waals surface area contributed by atoms with Crippen LogP contribution in [-0.4, -0.2) is 50.4 Å². The van der Waals surface area contributed by atoms with Crippen molar-refractivity contribution in [3.63, 3.8) is 0 Å². The maximum absolute atomic E-state index is 12.8. The van der Waals surface area contributed by atoms with Gasteiger partial charge in [-0.3, -0.25) is 24.8 Å². The van der Waals surface area contributed by atoms with Crippen molar-refractivity contribution in [3.05, 3.63) is 40.7 Å². The van der Waals surface area contributed by atoms with Gasteiger partial charge in [-0.15, -0.1) is 5.10 Å². The van der Waals surface area contributed by atoms with Gasteiger partial charge in [0.2, 0.25) is 17.8 Å². The van der Waals surface area contributed by atoms with Gasteiger partial charge in [0, 0.05) is 31.5 Å². The van der Waals surface area contributed by atoms with E-state index in [9.17, 15) is 14.4 Å². The molecule has 4 rings (SSSR count). The van der Waals surface area contributed by atoms with Gasteiger partial charge in [0.1, 0.15) is 11.9 Å². The summed E-state index contributed by atoms with van der Waals surface area (Å²) in [5.41, 5.74) is 7.86. The maximum Gasteiger partial charge on any atom is 0.255 e. The molecule has 1 atom stereocenters. The predicted octanol–water partition coefficient (Wildman–Crippen LogP) is -0.321. The van der Waals surface area contributed by atoms with Gasteiger partial charge in [-0.05, 0) is 30.2 Å². The summed E-state index contributed by atoms with van der Waals surface area (Å²) < 4.78 is 0. The first-order valence-electron chi connectivity index (χ1n) is 9.17. The number of aromatic amines is 1. The number of nitrogens with two attached hydrogens (primary N) is 1. The third-order valence-electron chi connectivity index (χ3n) is 4.96. The van der Waals surface area contributed by atoms with E-state index < -0.39 is 11.9 Å². The molecule has 0 aliphatic carbocycles. The molecular weight excluding hydrogens is 362 g/mol. The summed E-state index contributed by atoms with van der Waals surface area (Å²) >= 11 is 0. The van der Waals surface area contributed by atoms with Crippen LogP contribution >= 0.6 is 0 Å². The van der Waals surface area contributed by atoms with Crippen LogP contribution in [0.5, 0.6) is 0 Å². The topological polar surface area (TPSA) is 146 Å². The molecule has 1 unspecified atom stereocenters. The van der Waals surface area contributed by atoms with E-state index in [1.807, 2.05) is 18.2 Å².